The van der Waals surface area contributed by atoms with Crippen LogP contribution in [0.1, 0.15) is 16.5 Å². The molecule has 6 heteroatoms. The van der Waals surface area contributed by atoms with Gasteiger partial charge in [-0.25, -0.2) is 0 Å². The first-order chi connectivity index (χ1) is 11.1. The highest BCUT2D eigenvalue weighted by Gasteiger charge is 2.15. The predicted molar refractivity (Wildman–Crippen MR) is 101 cm³/mol. The Balaban J connectivity index is 1.79. The first-order valence-electron chi connectivity index (χ1n) is 7.44. The Labute approximate surface area is 147 Å². The minimum Gasteiger partial charge on any atom is -0.497 e. The second kappa shape index (κ2) is 8.86. The maximum absolute atomic E-state index is 5.37. The maximum Gasteiger partial charge on any atom is 0.166 e. The van der Waals surface area contributed by atoms with Gasteiger partial charge >= 0.3 is 0 Å². The van der Waals surface area contributed by atoms with E-state index in [9.17, 15) is 0 Å². The third kappa shape index (κ3) is 5.49. The van der Waals surface area contributed by atoms with Gasteiger partial charge in [-0.15, -0.1) is 11.3 Å². The Bertz CT molecular complexity index is 597. The topological polar surface area (TPSA) is 36.5 Å². The van der Waals surface area contributed by atoms with Crippen LogP contribution < -0.4 is 15.4 Å². The van der Waals surface area contributed by atoms with Gasteiger partial charge in [0.2, 0.25) is 0 Å². The number of nitrogens with one attached hydrogen (secondary N) is 2. The highest BCUT2D eigenvalue weighted by molar-refractivity contribution is 7.80. The minimum atomic E-state index is 0.315. The van der Waals surface area contributed by atoms with Crippen molar-refractivity contribution in [2.75, 3.05) is 27.7 Å². The summed E-state index contributed by atoms with van der Waals surface area (Å²) in [4.78, 5) is 3.53. The molecule has 1 aromatic carbocycles. The third-order valence-electron chi connectivity index (χ3n) is 3.56. The van der Waals surface area contributed by atoms with E-state index in [0.717, 1.165) is 17.9 Å². The van der Waals surface area contributed by atoms with Gasteiger partial charge in [-0.2, -0.15) is 0 Å². The van der Waals surface area contributed by atoms with Crippen LogP contribution >= 0.6 is 23.6 Å². The molecular formula is C17H23N3OS2. The van der Waals surface area contributed by atoms with Gasteiger partial charge in [0.1, 0.15) is 5.75 Å². The summed E-state index contributed by atoms with van der Waals surface area (Å²) in [5.74, 6) is 0.860. The lowest BCUT2D eigenvalue weighted by Gasteiger charge is -2.24. The summed E-state index contributed by atoms with van der Waals surface area (Å²) in [7, 11) is 5.83. The van der Waals surface area contributed by atoms with Gasteiger partial charge < -0.3 is 20.3 Å². The molecule has 23 heavy (non-hydrogen) atoms. The summed E-state index contributed by atoms with van der Waals surface area (Å²) in [6.45, 7) is 1.48. The summed E-state index contributed by atoms with van der Waals surface area (Å²) in [5.41, 5.74) is 1.16. The zero-order valence-corrected chi connectivity index (χ0v) is 15.3. The van der Waals surface area contributed by atoms with Crippen LogP contribution in [0, 0.1) is 0 Å². The van der Waals surface area contributed by atoms with E-state index in [2.05, 4.69) is 47.1 Å². The molecule has 0 aliphatic rings. The van der Waals surface area contributed by atoms with Crippen molar-refractivity contribution in [2.45, 2.75) is 12.6 Å². The Hall–Kier alpha value is -1.63. The van der Waals surface area contributed by atoms with Crippen molar-refractivity contribution >= 4 is 28.7 Å². The van der Waals surface area contributed by atoms with E-state index in [1.807, 2.05) is 24.3 Å². The van der Waals surface area contributed by atoms with Gasteiger partial charge in [-0.05, 0) is 55.5 Å². The summed E-state index contributed by atoms with van der Waals surface area (Å²) in [6, 6.07) is 12.5. The van der Waals surface area contributed by atoms with Crippen molar-refractivity contribution in [3.8, 4) is 5.75 Å². The monoisotopic (exact) mass is 349 g/mol. The fourth-order valence-electron chi connectivity index (χ4n) is 2.20. The molecule has 0 aliphatic heterocycles. The first-order valence-corrected chi connectivity index (χ1v) is 8.73. The van der Waals surface area contributed by atoms with Gasteiger partial charge in [0.05, 0.1) is 13.2 Å². The van der Waals surface area contributed by atoms with E-state index in [1.54, 1.807) is 18.4 Å². The van der Waals surface area contributed by atoms with Gasteiger partial charge in [0.25, 0.3) is 0 Å². The number of methoxy groups -OCH3 is 1. The van der Waals surface area contributed by atoms with E-state index in [1.165, 1.54) is 4.88 Å². The van der Waals surface area contributed by atoms with E-state index in [0.29, 0.717) is 17.7 Å². The zero-order valence-electron chi connectivity index (χ0n) is 13.7. The number of likely N-dealkylation sites (N-methyl/N-ethyl adjacent to an activating group) is 1. The van der Waals surface area contributed by atoms with Crippen LogP contribution in [-0.4, -0.2) is 37.8 Å². The van der Waals surface area contributed by atoms with Crippen molar-refractivity contribution in [2.24, 2.45) is 0 Å². The minimum absolute atomic E-state index is 0.315. The van der Waals surface area contributed by atoms with E-state index < -0.39 is 0 Å². The molecule has 1 aromatic heterocycles. The van der Waals surface area contributed by atoms with Crippen molar-refractivity contribution in [1.29, 1.82) is 0 Å². The largest absolute Gasteiger partial charge is 0.497 e. The number of hydrogen-bond acceptors (Lipinski definition) is 4. The van der Waals surface area contributed by atoms with Crippen molar-refractivity contribution in [3.63, 3.8) is 0 Å². The molecule has 2 N–H and O–H groups in total. The molecule has 0 unspecified atom stereocenters. The number of ether oxygens (including phenoxy) is 1. The highest BCUT2D eigenvalue weighted by Crippen LogP contribution is 2.22. The van der Waals surface area contributed by atoms with Gasteiger partial charge in [0.15, 0.2) is 5.11 Å². The molecule has 0 spiro atoms. The molecule has 0 saturated heterocycles. The Morgan fingerprint density at radius 2 is 1.96 bits per heavy atom. The number of thiophene rings is 1. The number of hydrogen-bond donors (Lipinski definition) is 2. The van der Waals surface area contributed by atoms with Crippen molar-refractivity contribution in [1.82, 2.24) is 15.5 Å². The van der Waals surface area contributed by atoms with E-state index in [4.69, 9.17) is 17.0 Å². The Morgan fingerprint density at radius 1 is 1.22 bits per heavy atom. The lowest BCUT2D eigenvalue weighted by molar-refractivity contribution is 0.303. The fraction of sp³-hybridized carbons (Fsp3) is 0.353. The van der Waals surface area contributed by atoms with Gasteiger partial charge in [-0.3, -0.25) is 0 Å². The molecule has 0 bridgehead atoms. The predicted octanol–water partition coefficient (Wildman–Crippen LogP) is 3.02. The van der Waals surface area contributed by atoms with Crippen LogP contribution in [0.15, 0.2) is 41.8 Å². The second-order valence-corrected chi connectivity index (χ2v) is 6.79. The van der Waals surface area contributed by atoms with Crippen LogP contribution in [0.2, 0.25) is 0 Å². The number of thiocarbonyl (C=S) groups is 1. The summed E-state index contributed by atoms with van der Waals surface area (Å²) >= 11 is 7.14. The van der Waals surface area contributed by atoms with Crippen LogP contribution in [0.3, 0.4) is 0 Å². The molecular weight excluding hydrogens is 326 g/mol. The molecule has 0 aliphatic carbocycles. The molecule has 0 fully saturated rings. The molecule has 2 aromatic rings. The van der Waals surface area contributed by atoms with Crippen LogP contribution in [0.5, 0.6) is 5.75 Å². The standard InChI is InChI=1S/C17H23N3OS2/c1-20(2)15(16-5-4-10-23-16)12-19-17(22)18-11-13-6-8-14(21-3)9-7-13/h4-10,15H,11-12H2,1-3H3,(H2,18,19,22)/t15-/m1/s1. The Morgan fingerprint density at radius 3 is 2.52 bits per heavy atom. The van der Waals surface area contributed by atoms with Gasteiger partial charge in [-0.1, -0.05) is 18.2 Å². The highest BCUT2D eigenvalue weighted by atomic mass is 32.1. The number of nitrogens with zero attached hydrogens (tertiary/aromatic N) is 1. The molecule has 2 rings (SSSR count). The molecule has 124 valence electrons. The third-order valence-corrected chi connectivity index (χ3v) is 4.83. The van der Waals surface area contributed by atoms with Gasteiger partial charge in [0, 0.05) is 18.0 Å². The normalized spacial score (nSPS) is 12.0. The average Bonchev–Trinajstić information content (AvgIpc) is 3.07. The number of benzene rings is 1. The summed E-state index contributed by atoms with van der Waals surface area (Å²) in [6.07, 6.45) is 0. The van der Waals surface area contributed by atoms with E-state index >= 15 is 0 Å². The molecule has 4 nitrogen and oxygen atoms in total. The zero-order chi connectivity index (χ0) is 16.7. The van der Waals surface area contributed by atoms with Crippen LogP contribution in [-0.2, 0) is 6.54 Å². The molecule has 0 amide bonds. The lowest BCUT2D eigenvalue weighted by atomic mass is 10.2. The second-order valence-electron chi connectivity index (χ2n) is 5.41. The quantitative estimate of drug-likeness (QED) is 0.752. The summed E-state index contributed by atoms with van der Waals surface area (Å²) < 4.78 is 5.16. The number of rotatable bonds is 7. The SMILES string of the molecule is COc1ccc(CNC(=S)NC[C@H](c2cccs2)N(C)C)cc1. The van der Waals surface area contributed by atoms with Crippen molar-refractivity contribution < 1.29 is 4.74 Å². The molecule has 1 atom stereocenters. The van der Waals surface area contributed by atoms with Crippen LogP contribution in [0.25, 0.3) is 0 Å². The Kier molecular flexibility index (Phi) is 6.83. The molecule has 0 saturated carbocycles. The van der Waals surface area contributed by atoms with Crippen molar-refractivity contribution in [3.05, 3.63) is 52.2 Å². The van der Waals surface area contributed by atoms with Crippen LogP contribution in [0.4, 0.5) is 0 Å². The van der Waals surface area contributed by atoms with E-state index in [-0.39, 0.29) is 0 Å². The smallest absolute Gasteiger partial charge is 0.166 e. The fourth-order valence-corrected chi connectivity index (χ4v) is 3.27. The average molecular weight is 350 g/mol. The lowest BCUT2D eigenvalue weighted by Crippen LogP contribution is -2.39. The molecule has 0 radical (unpaired) electrons. The summed E-state index contributed by atoms with van der Waals surface area (Å²) in [5, 5.41) is 9.32. The first kappa shape index (κ1) is 17.7. The maximum atomic E-state index is 5.37. The molecule has 1 heterocycles.